The number of halogens is 1. The molecule has 0 radical (unpaired) electrons. The van der Waals surface area contributed by atoms with Crippen LogP contribution in [0.1, 0.15) is 30.2 Å². The number of aromatic nitrogens is 1. The summed E-state index contributed by atoms with van der Waals surface area (Å²) >= 11 is 3.57. The van der Waals surface area contributed by atoms with Crippen LogP contribution in [-0.2, 0) is 16.8 Å². The van der Waals surface area contributed by atoms with Crippen molar-refractivity contribution in [2.75, 3.05) is 5.32 Å². The van der Waals surface area contributed by atoms with E-state index in [4.69, 9.17) is 0 Å². The van der Waals surface area contributed by atoms with E-state index in [1.807, 2.05) is 24.3 Å². The van der Waals surface area contributed by atoms with E-state index in [1.54, 1.807) is 0 Å². The number of benzene rings is 2. The van der Waals surface area contributed by atoms with Gasteiger partial charge in [0.1, 0.15) is 0 Å². The van der Waals surface area contributed by atoms with E-state index in [0.29, 0.717) is 0 Å². The molecule has 0 saturated heterocycles. The molecule has 5 heteroatoms. The number of anilines is 1. The lowest BCUT2D eigenvalue weighted by Gasteiger charge is -2.30. The van der Waals surface area contributed by atoms with E-state index in [9.17, 15) is 4.79 Å². The fraction of sp³-hybridized carbons (Fsp3) is 0.250. The minimum atomic E-state index is -0.872. The van der Waals surface area contributed by atoms with Crippen molar-refractivity contribution >= 4 is 38.4 Å². The van der Waals surface area contributed by atoms with E-state index >= 15 is 0 Å². The summed E-state index contributed by atoms with van der Waals surface area (Å²) in [5.74, 6) is -0.0119. The number of carbonyl (C=O) groups is 1. The van der Waals surface area contributed by atoms with Gasteiger partial charge in [-0.3, -0.25) is 10.1 Å². The lowest BCUT2D eigenvalue weighted by atomic mass is 9.85. The van der Waals surface area contributed by atoms with Crippen LogP contribution < -0.4 is 10.6 Å². The third-order valence-electron chi connectivity index (χ3n) is 5.45. The maximum absolute atomic E-state index is 13.2. The zero-order valence-corrected chi connectivity index (χ0v) is 15.4. The molecular weight excluding hydrogens is 378 g/mol. The van der Waals surface area contributed by atoms with Crippen molar-refractivity contribution in [1.82, 2.24) is 10.3 Å². The summed E-state index contributed by atoms with van der Waals surface area (Å²) in [5.41, 5.74) is 4.29. The Labute approximate surface area is 154 Å². The van der Waals surface area contributed by atoms with Gasteiger partial charge in [0.15, 0.2) is 5.54 Å². The van der Waals surface area contributed by atoms with Gasteiger partial charge < -0.3 is 10.3 Å². The lowest BCUT2D eigenvalue weighted by Crippen LogP contribution is -2.52. The third kappa shape index (κ3) is 1.99. The monoisotopic (exact) mass is 395 g/mol. The van der Waals surface area contributed by atoms with Crippen molar-refractivity contribution in [1.29, 1.82) is 0 Å². The molecule has 5 rings (SSSR count). The standard InChI is InChI=1S/C20H18BrN3O/c1-11-6-8-14-13-4-2-3-5-16(13)22-18(14)20(24-11)15-10-12(21)7-9-17(15)23-19(20)25/h2-5,7,9-11,22,24H,6,8H2,1H3,(H,23,25)/t11-,20+/m0/s1. The molecule has 0 saturated carbocycles. The van der Waals surface area contributed by atoms with Gasteiger partial charge in [0.2, 0.25) is 0 Å². The van der Waals surface area contributed by atoms with Gasteiger partial charge in [-0.1, -0.05) is 34.1 Å². The average molecular weight is 396 g/mol. The number of nitrogens with one attached hydrogen (secondary N) is 3. The number of amides is 1. The Balaban J connectivity index is 1.88. The van der Waals surface area contributed by atoms with Crippen molar-refractivity contribution in [3.05, 3.63) is 63.8 Å². The van der Waals surface area contributed by atoms with Crippen molar-refractivity contribution in [3.8, 4) is 0 Å². The molecule has 1 aromatic heterocycles. The average Bonchev–Trinajstić information content (AvgIpc) is 3.04. The molecule has 0 aliphatic carbocycles. The maximum atomic E-state index is 13.2. The Bertz CT molecular complexity index is 1020. The molecule has 3 N–H and O–H groups in total. The lowest BCUT2D eigenvalue weighted by molar-refractivity contribution is -0.120. The van der Waals surface area contributed by atoms with E-state index in [-0.39, 0.29) is 11.9 Å². The molecule has 2 aliphatic heterocycles. The molecule has 25 heavy (non-hydrogen) atoms. The second kappa shape index (κ2) is 5.19. The van der Waals surface area contributed by atoms with Crippen LogP contribution >= 0.6 is 15.9 Å². The quantitative estimate of drug-likeness (QED) is 0.537. The van der Waals surface area contributed by atoms with E-state index < -0.39 is 5.54 Å². The van der Waals surface area contributed by atoms with Gasteiger partial charge >= 0.3 is 0 Å². The smallest absolute Gasteiger partial charge is 0.255 e. The molecule has 0 fully saturated rings. The summed E-state index contributed by atoms with van der Waals surface area (Å²) in [5, 5.41) is 7.93. The number of carbonyl (C=O) groups excluding carboxylic acids is 1. The molecule has 0 bridgehead atoms. The minimum absolute atomic E-state index is 0.0119. The van der Waals surface area contributed by atoms with Crippen molar-refractivity contribution in [3.63, 3.8) is 0 Å². The van der Waals surface area contributed by atoms with Crippen molar-refractivity contribution < 1.29 is 4.79 Å². The largest absolute Gasteiger partial charge is 0.356 e. The molecule has 126 valence electrons. The summed E-state index contributed by atoms with van der Waals surface area (Å²) in [6.07, 6.45) is 1.94. The Morgan fingerprint density at radius 1 is 1.20 bits per heavy atom. The van der Waals surface area contributed by atoms with Crippen molar-refractivity contribution in [2.45, 2.75) is 31.3 Å². The van der Waals surface area contributed by atoms with Gasteiger partial charge in [-0.2, -0.15) is 0 Å². The first-order valence-electron chi connectivity index (χ1n) is 8.59. The zero-order chi connectivity index (χ0) is 17.2. The number of hydrogen-bond acceptors (Lipinski definition) is 2. The number of aryl methyl sites for hydroxylation is 1. The van der Waals surface area contributed by atoms with Crippen LogP contribution in [-0.4, -0.2) is 16.9 Å². The fourth-order valence-electron chi connectivity index (χ4n) is 4.32. The zero-order valence-electron chi connectivity index (χ0n) is 13.8. The molecule has 1 amide bonds. The second-order valence-electron chi connectivity index (χ2n) is 7.00. The Morgan fingerprint density at radius 2 is 2.04 bits per heavy atom. The summed E-state index contributed by atoms with van der Waals surface area (Å²) in [6, 6.07) is 14.5. The highest BCUT2D eigenvalue weighted by Gasteiger charge is 2.52. The van der Waals surface area contributed by atoms with Gasteiger partial charge in [0, 0.05) is 32.7 Å². The topological polar surface area (TPSA) is 56.9 Å². The second-order valence-corrected chi connectivity index (χ2v) is 7.92. The highest BCUT2D eigenvalue weighted by Crippen LogP contribution is 2.46. The number of para-hydroxylation sites is 1. The summed E-state index contributed by atoms with van der Waals surface area (Å²) in [4.78, 5) is 16.8. The molecule has 2 aromatic carbocycles. The Hall–Kier alpha value is -2.11. The first-order chi connectivity index (χ1) is 12.1. The van der Waals surface area contributed by atoms with Crippen LogP contribution in [0.3, 0.4) is 0 Å². The van der Waals surface area contributed by atoms with Crippen LogP contribution in [0.4, 0.5) is 5.69 Å². The van der Waals surface area contributed by atoms with Gasteiger partial charge in [0.25, 0.3) is 5.91 Å². The number of aromatic amines is 1. The van der Waals surface area contributed by atoms with Gasteiger partial charge in [-0.15, -0.1) is 0 Å². The van der Waals surface area contributed by atoms with E-state index in [2.05, 4.69) is 56.7 Å². The molecular formula is C20H18BrN3O. The third-order valence-corrected chi connectivity index (χ3v) is 5.95. The van der Waals surface area contributed by atoms with Crippen LogP contribution in [0.5, 0.6) is 0 Å². The van der Waals surface area contributed by atoms with Gasteiger partial charge in [-0.25, -0.2) is 0 Å². The molecule has 4 nitrogen and oxygen atoms in total. The molecule has 3 aromatic rings. The van der Waals surface area contributed by atoms with Crippen LogP contribution in [0, 0.1) is 0 Å². The Kier molecular flexibility index (Phi) is 3.15. The number of rotatable bonds is 0. The summed E-state index contributed by atoms with van der Waals surface area (Å²) in [7, 11) is 0. The molecule has 1 spiro atoms. The normalized spacial score (nSPS) is 24.9. The fourth-order valence-corrected chi connectivity index (χ4v) is 4.68. The highest BCUT2D eigenvalue weighted by molar-refractivity contribution is 9.10. The Morgan fingerprint density at radius 3 is 2.92 bits per heavy atom. The first kappa shape index (κ1) is 15.2. The number of fused-ring (bicyclic) bond motifs is 6. The molecule has 3 heterocycles. The van der Waals surface area contributed by atoms with Crippen LogP contribution in [0.25, 0.3) is 10.9 Å². The minimum Gasteiger partial charge on any atom is -0.356 e. The SMILES string of the molecule is C[C@H]1CCc2c([nH]c3ccccc23)[C@@]2(N1)C(=O)Nc1ccc(Br)cc12. The van der Waals surface area contributed by atoms with Gasteiger partial charge in [-0.05, 0) is 49.6 Å². The van der Waals surface area contributed by atoms with Gasteiger partial charge in [0.05, 0.1) is 5.69 Å². The highest BCUT2D eigenvalue weighted by atomic mass is 79.9. The molecule has 0 unspecified atom stereocenters. The predicted molar refractivity (Wildman–Crippen MR) is 103 cm³/mol. The number of hydrogen-bond donors (Lipinski definition) is 3. The van der Waals surface area contributed by atoms with E-state index in [1.165, 1.54) is 10.9 Å². The maximum Gasteiger partial charge on any atom is 0.255 e. The van der Waals surface area contributed by atoms with Crippen LogP contribution in [0.2, 0.25) is 0 Å². The molecule has 2 atom stereocenters. The number of H-pyrrole nitrogens is 1. The first-order valence-corrected chi connectivity index (χ1v) is 9.38. The van der Waals surface area contributed by atoms with Crippen LogP contribution in [0.15, 0.2) is 46.9 Å². The summed E-state index contributed by atoms with van der Waals surface area (Å²) < 4.78 is 0.971. The van der Waals surface area contributed by atoms with Crippen molar-refractivity contribution in [2.24, 2.45) is 0 Å². The van der Waals surface area contributed by atoms with E-state index in [0.717, 1.165) is 39.8 Å². The predicted octanol–water partition coefficient (Wildman–Crippen LogP) is 4.05. The molecule has 2 aliphatic rings. The summed E-state index contributed by atoms with van der Waals surface area (Å²) in [6.45, 7) is 2.15.